The second kappa shape index (κ2) is 4.24. The number of hydrogen-bond donors (Lipinski definition) is 2. The molecule has 3 heteroatoms. The quantitative estimate of drug-likeness (QED) is 0.767. The monoisotopic (exact) mass is 194 g/mol. The molecule has 0 aliphatic heterocycles. The van der Waals surface area contributed by atoms with Crippen molar-refractivity contribution in [3.8, 4) is 0 Å². The molecule has 0 spiro atoms. The SMILES string of the molecule is CC[C@@](O)(CC(=O)O)c1ccccc1. The van der Waals surface area contributed by atoms with Crippen molar-refractivity contribution in [1.29, 1.82) is 0 Å². The van der Waals surface area contributed by atoms with Gasteiger partial charge in [-0.2, -0.15) is 0 Å². The van der Waals surface area contributed by atoms with Crippen LogP contribution in [0.2, 0.25) is 0 Å². The minimum absolute atomic E-state index is 0.256. The molecule has 1 atom stereocenters. The van der Waals surface area contributed by atoms with Gasteiger partial charge in [-0.15, -0.1) is 0 Å². The summed E-state index contributed by atoms with van der Waals surface area (Å²) in [4.78, 5) is 10.6. The average Bonchev–Trinajstić information content (AvgIpc) is 2.18. The van der Waals surface area contributed by atoms with Crippen LogP contribution in [-0.2, 0) is 10.4 Å². The Morgan fingerprint density at radius 2 is 1.93 bits per heavy atom. The fourth-order valence-corrected chi connectivity index (χ4v) is 1.43. The molecule has 2 N–H and O–H groups in total. The first-order chi connectivity index (χ1) is 6.58. The van der Waals surface area contributed by atoms with Gasteiger partial charge in [0.1, 0.15) is 0 Å². The maximum atomic E-state index is 10.6. The van der Waals surface area contributed by atoms with Gasteiger partial charge in [0, 0.05) is 0 Å². The van der Waals surface area contributed by atoms with Gasteiger partial charge in [-0.3, -0.25) is 4.79 Å². The van der Waals surface area contributed by atoms with Crippen molar-refractivity contribution in [3.63, 3.8) is 0 Å². The molecule has 76 valence electrons. The zero-order chi connectivity index (χ0) is 10.6. The van der Waals surface area contributed by atoms with Crippen molar-refractivity contribution in [2.75, 3.05) is 0 Å². The Balaban J connectivity index is 2.95. The summed E-state index contributed by atoms with van der Waals surface area (Å²) >= 11 is 0. The second-order valence-electron chi connectivity index (χ2n) is 3.32. The molecule has 0 saturated carbocycles. The Labute approximate surface area is 83.0 Å². The van der Waals surface area contributed by atoms with Crippen molar-refractivity contribution in [2.24, 2.45) is 0 Å². The van der Waals surface area contributed by atoms with Crippen molar-refractivity contribution in [2.45, 2.75) is 25.4 Å². The van der Waals surface area contributed by atoms with Gasteiger partial charge in [0.15, 0.2) is 0 Å². The molecule has 0 radical (unpaired) electrons. The maximum absolute atomic E-state index is 10.6. The molecule has 0 fully saturated rings. The van der Waals surface area contributed by atoms with Crippen LogP contribution >= 0.6 is 0 Å². The Kier molecular flexibility index (Phi) is 3.25. The number of aliphatic hydroxyl groups is 1. The molecule has 0 bridgehead atoms. The normalized spacial score (nSPS) is 14.7. The van der Waals surface area contributed by atoms with Gasteiger partial charge in [-0.05, 0) is 12.0 Å². The minimum Gasteiger partial charge on any atom is -0.481 e. The van der Waals surface area contributed by atoms with Crippen LogP contribution in [0.1, 0.15) is 25.3 Å². The van der Waals surface area contributed by atoms with E-state index in [0.717, 1.165) is 0 Å². The summed E-state index contributed by atoms with van der Waals surface area (Å²) in [6.07, 6.45) is 0.136. The van der Waals surface area contributed by atoms with Crippen LogP contribution in [0.3, 0.4) is 0 Å². The summed E-state index contributed by atoms with van der Waals surface area (Å²) in [5.74, 6) is -0.988. The lowest BCUT2D eigenvalue weighted by Crippen LogP contribution is -2.28. The summed E-state index contributed by atoms with van der Waals surface area (Å²) in [7, 11) is 0. The molecule has 0 aliphatic rings. The number of aliphatic carboxylic acids is 1. The third-order valence-corrected chi connectivity index (χ3v) is 2.34. The fourth-order valence-electron chi connectivity index (χ4n) is 1.43. The third-order valence-electron chi connectivity index (χ3n) is 2.34. The van der Waals surface area contributed by atoms with Crippen LogP contribution in [-0.4, -0.2) is 16.2 Å². The van der Waals surface area contributed by atoms with E-state index in [1.54, 1.807) is 31.2 Å². The Bertz CT molecular complexity index is 308. The van der Waals surface area contributed by atoms with Crippen LogP contribution in [0, 0.1) is 0 Å². The molecule has 0 heterocycles. The van der Waals surface area contributed by atoms with E-state index < -0.39 is 11.6 Å². The zero-order valence-electron chi connectivity index (χ0n) is 8.10. The summed E-state index contributed by atoms with van der Waals surface area (Å²) < 4.78 is 0. The summed E-state index contributed by atoms with van der Waals surface area (Å²) in [5.41, 5.74) is -0.586. The molecular formula is C11H14O3. The second-order valence-corrected chi connectivity index (χ2v) is 3.32. The lowest BCUT2D eigenvalue weighted by molar-refractivity contribution is -0.143. The van der Waals surface area contributed by atoms with Gasteiger partial charge in [0.25, 0.3) is 0 Å². The largest absolute Gasteiger partial charge is 0.481 e. The molecule has 14 heavy (non-hydrogen) atoms. The van der Waals surface area contributed by atoms with E-state index in [4.69, 9.17) is 5.11 Å². The first kappa shape index (κ1) is 10.7. The number of carbonyl (C=O) groups is 1. The molecule has 0 aliphatic carbocycles. The van der Waals surface area contributed by atoms with E-state index in [1.165, 1.54) is 0 Å². The van der Waals surface area contributed by atoms with Crippen molar-refractivity contribution in [3.05, 3.63) is 35.9 Å². The van der Waals surface area contributed by atoms with Crippen LogP contribution in [0.5, 0.6) is 0 Å². The molecule has 0 amide bonds. The highest BCUT2D eigenvalue weighted by atomic mass is 16.4. The van der Waals surface area contributed by atoms with Crippen LogP contribution in [0.15, 0.2) is 30.3 Å². The summed E-state index contributed by atoms with van der Waals surface area (Å²) in [6.45, 7) is 1.77. The highest BCUT2D eigenvalue weighted by Crippen LogP contribution is 2.28. The molecule has 3 nitrogen and oxygen atoms in total. The van der Waals surface area contributed by atoms with Gasteiger partial charge < -0.3 is 10.2 Å². The Morgan fingerprint density at radius 1 is 1.36 bits per heavy atom. The first-order valence-corrected chi connectivity index (χ1v) is 4.58. The van der Waals surface area contributed by atoms with Crippen molar-refractivity contribution < 1.29 is 15.0 Å². The van der Waals surface area contributed by atoms with Crippen molar-refractivity contribution >= 4 is 5.97 Å². The van der Waals surface area contributed by atoms with Crippen LogP contribution in [0.25, 0.3) is 0 Å². The topological polar surface area (TPSA) is 57.5 Å². The van der Waals surface area contributed by atoms with E-state index in [9.17, 15) is 9.90 Å². The number of carboxylic acids is 1. The average molecular weight is 194 g/mol. The number of rotatable bonds is 4. The molecule has 0 saturated heterocycles. The van der Waals surface area contributed by atoms with E-state index >= 15 is 0 Å². The minimum atomic E-state index is -1.24. The van der Waals surface area contributed by atoms with Crippen LogP contribution < -0.4 is 0 Å². The lowest BCUT2D eigenvalue weighted by atomic mass is 9.88. The van der Waals surface area contributed by atoms with Gasteiger partial charge in [-0.25, -0.2) is 0 Å². The number of benzene rings is 1. The molecule has 0 unspecified atom stereocenters. The standard InChI is InChI=1S/C11H14O3/c1-2-11(14,8-10(12)13)9-6-4-3-5-7-9/h3-7,14H,2,8H2,1H3,(H,12,13)/t11-/m1/s1. The first-order valence-electron chi connectivity index (χ1n) is 4.58. The van der Waals surface area contributed by atoms with E-state index in [0.29, 0.717) is 12.0 Å². The van der Waals surface area contributed by atoms with Crippen molar-refractivity contribution in [1.82, 2.24) is 0 Å². The van der Waals surface area contributed by atoms with Gasteiger partial charge in [0.2, 0.25) is 0 Å². The Morgan fingerprint density at radius 3 is 2.36 bits per heavy atom. The lowest BCUT2D eigenvalue weighted by Gasteiger charge is -2.25. The maximum Gasteiger partial charge on any atom is 0.306 e. The fraction of sp³-hybridized carbons (Fsp3) is 0.364. The molecule has 1 aromatic carbocycles. The number of hydrogen-bond acceptors (Lipinski definition) is 2. The van der Waals surface area contributed by atoms with Crippen LogP contribution in [0.4, 0.5) is 0 Å². The van der Waals surface area contributed by atoms with E-state index in [2.05, 4.69) is 0 Å². The third kappa shape index (κ3) is 2.33. The smallest absolute Gasteiger partial charge is 0.306 e. The Hall–Kier alpha value is -1.35. The summed E-state index contributed by atoms with van der Waals surface area (Å²) in [6, 6.07) is 8.90. The predicted molar refractivity (Wildman–Crippen MR) is 52.9 cm³/mol. The molecule has 0 aromatic heterocycles. The molecule has 1 rings (SSSR count). The van der Waals surface area contributed by atoms with Gasteiger partial charge in [0.05, 0.1) is 12.0 Å². The number of carboxylic acid groups (broad SMARTS) is 1. The molecular weight excluding hydrogens is 180 g/mol. The predicted octanol–water partition coefficient (Wildman–Crippen LogP) is 1.76. The highest BCUT2D eigenvalue weighted by molar-refractivity contribution is 5.68. The van der Waals surface area contributed by atoms with E-state index in [-0.39, 0.29) is 6.42 Å². The highest BCUT2D eigenvalue weighted by Gasteiger charge is 2.29. The summed E-state index contributed by atoms with van der Waals surface area (Å²) in [5, 5.41) is 18.8. The zero-order valence-corrected chi connectivity index (χ0v) is 8.10. The van der Waals surface area contributed by atoms with Gasteiger partial charge >= 0.3 is 5.97 Å². The molecule has 1 aromatic rings. The van der Waals surface area contributed by atoms with E-state index in [1.807, 2.05) is 6.07 Å². The van der Waals surface area contributed by atoms with Gasteiger partial charge in [-0.1, -0.05) is 37.3 Å².